The second kappa shape index (κ2) is 7.55. The Balaban J connectivity index is 2.15. The van der Waals surface area contributed by atoms with Gasteiger partial charge in [-0.2, -0.15) is 0 Å². The summed E-state index contributed by atoms with van der Waals surface area (Å²) in [5.41, 5.74) is 2.39. The summed E-state index contributed by atoms with van der Waals surface area (Å²) in [6.45, 7) is 8.12. The molecule has 1 aromatic carbocycles. The fourth-order valence-corrected chi connectivity index (χ4v) is 3.30. The zero-order chi connectivity index (χ0) is 16.2. The molecule has 6 heteroatoms. The number of nitrogens with zero attached hydrogens (tertiary/aromatic N) is 2. The van der Waals surface area contributed by atoms with Gasteiger partial charge in [-0.3, -0.25) is 4.90 Å². The first-order valence-corrected chi connectivity index (χ1v) is 9.53. The van der Waals surface area contributed by atoms with Crippen LogP contribution in [0.4, 0.5) is 0 Å². The van der Waals surface area contributed by atoms with E-state index < -0.39 is 10.0 Å². The minimum Gasteiger partial charge on any atom is -0.304 e. The van der Waals surface area contributed by atoms with E-state index in [1.54, 1.807) is 6.92 Å². The summed E-state index contributed by atoms with van der Waals surface area (Å²) in [5, 5.41) is 0. The van der Waals surface area contributed by atoms with Gasteiger partial charge in [0.25, 0.3) is 0 Å². The van der Waals surface area contributed by atoms with E-state index in [1.165, 1.54) is 11.1 Å². The molecule has 0 bridgehead atoms. The average Bonchev–Trinajstić information content (AvgIpc) is 2.51. The van der Waals surface area contributed by atoms with Crippen LogP contribution in [-0.4, -0.2) is 63.7 Å². The van der Waals surface area contributed by atoms with E-state index in [9.17, 15) is 8.42 Å². The first-order chi connectivity index (χ1) is 10.4. The van der Waals surface area contributed by atoms with Gasteiger partial charge < -0.3 is 4.90 Å². The number of rotatable bonds is 6. The number of piperazine rings is 1. The zero-order valence-electron chi connectivity index (χ0n) is 13.7. The Labute approximate surface area is 134 Å². The second-order valence-corrected chi connectivity index (χ2v) is 8.11. The Morgan fingerprint density at radius 1 is 1.14 bits per heavy atom. The van der Waals surface area contributed by atoms with Crippen LogP contribution in [0.1, 0.15) is 24.1 Å². The van der Waals surface area contributed by atoms with Gasteiger partial charge in [0, 0.05) is 38.8 Å². The molecule has 1 heterocycles. The summed E-state index contributed by atoms with van der Waals surface area (Å²) in [5.74, 6) is 0.121. The lowest BCUT2D eigenvalue weighted by Crippen LogP contribution is -2.48. The maximum absolute atomic E-state index is 11.8. The minimum absolute atomic E-state index is 0.0932. The average molecular weight is 325 g/mol. The van der Waals surface area contributed by atoms with Gasteiger partial charge in [-0.1, -0.05) is 29.8 Å². The first kappa shape index (κ1) is 17.4. The Morgan fingerprint density at radius 3 is 2.27 bits per heavy atom. The van der Waals surface area contributed by atoms with Gasteiger partial charge >= 0.3 is 0 Å². The molecule has 1 N–H and O–H groups in total. The van der Waals surface area contributed by atoms with E-state index in [-0.39, 0.29) is 11.8 Å². The maximum atomic E-state index is 11.8. The highest BCUT2D eigenvalue weighted by molar-refractivity contribution is 7.89. The van der Waals surface area contributed by atoms with Crippen molar-refractivity contribution in [2.75, 3.05) is 45.5 Å². The van der Waals surface area contributed by atoms with Crippen LogP contribution in [0.5, 0.6) is 0 Å². The third-order valence-corrected chi connectivity index (χ3v) is 5.68. The smallest absolute Gasteiger partial charge is 0.211 e. The quantitative estimate of drug-likeness (QED) is 0.854. The molecule has 0 aliphatic carbocycles. The summed E-state index contributed by atoms with van der Waals surface area (Å²) >= 11 is 0. The van der Waals surface area contributed by atoms with Crippen molar-refractivity contribution in [2.45, 2.75) is 19.9 Å². The molecule has 22 heavy (non-hydrogen) atoms. The van der Waals surface area contributed by atoms with Gasteiger partial charge in [0.2, 0.25) is 10.0 Å². The summed E-state index contributed by atoms with van der Waals surface area (Å²) in [6.07, 6.45) is 0. The summed E-state index contributed by atoms with van der Waals surface area (Å²) in [6, 6.07) is 8.49. The topological polar surface area (TPSA) is 52.7 Å². The Kier molecular flexibility index (Phi) is 5.97. The van der Waals surface area contributed by atoms with Gasteiger partial charge in [0.05, 0.1) is 5.75 Å². The van der Waals surface area contributed by atoms with Crippen LogP contribution in [0.25, 0.3) is 0 Å². The van der Waals surface area contributed by atoms with E-state index in [0.29, 0.717) is 6.54 Å². The highest BCUT2D eigenvalue weighted by Gasteiger charge is 2.25. The molecule has 0 radical (unpaired) electrons. The highest BCUT2D eigenvalue weighted by atomic mass is 32.2. The summed E-state index contributed by atoms with van der Waals surface area (Å²) in [7, 11) is -1.04. The van der Waals surface area contributed by atoms with E-state index >= 15 is 0 Å². The number of benzene rings is 1. The molecule has 0 spiro atoms. The number of aryl methyl sites for hydroxylation is 1. The van der Waals surface area contributed by atoms with Crippen molar-refractivity contribution in [3.8, 4) is 0 Å². The molecule has 5 nitrogen and oxygen atoms in total. The normalized spacial score (nSPS) is 19.2. The standard InChI is InChI=1S/C16H27N3O2S/c1-4-22(20,21)17-13-16(15-7-5-14(2)6-8-15)19-11-9-18(3)10-12-19/h5-8,16-17H,4,9-13H2,1-3H3. The molecule has 0 aromatic heterocycles. The molecule has 1 unspecified atom stereocenters. The van der Waals surface area contributed by atoms with Crippen LogP contribution in [0.2, 0.25) is 0 Å². The number of sulfonamides is 1. The van der Waals surface area contributed by atoms with Crippen LogP contribution >= 0.6 is 0 Å². The van der Waals surface area contributed by atoms with Gasteiger partial charge in [-0.25, -0.2) is 13.1 Å². The third-order valence-electron chi connectivity index (χ3n) is 4.32. The molecule has 1 aliphatic heterocycles. The second-order valence-electron chi connectivity index (χ2n) is 6.02. The van der Waals surface area contributed by atoms with Crippen LogP contribution < -0.4 is 4.72 Å². The molecule has 124 valence electrons. The SMILES string of the molecule is CCS(=O)(=O)NCC(c1ccc(C)cc1)N1CCN(C)CC1. The highest BCUT2D eigenvalue weighted by Crippen LogP contribution is 2.22. The van der Waals surface area contributed by atoms with E-state index in [1.807, 2.05) is 0 Å². The summed E-state index contributed by atoms with van der Waals surface area (Å²) in [4.78, 5) is 4.68. The van der Waals surface area contributed by atoms with Crippen molar-refractivity contribution in [3.63, 3.8) is 0 Å². The maximum Gasteiger partial charge on any atom is 0.211 e. The molecule has 0 amide bonds. The third kappa shape index (κ3) is 4.78. The number of likely N-dealkylation sites (N-methyl/N-ethyl adjacent to an activating group) is 1. The number of hydrogen-bond acceptors (Lipinski definition) is 4. The van der Waals surface area contributed by atoms with Crippen molar-refractivity contribution in [1.29, 1.82) is 0 Å². The van der Waals surface area contributed by atoms with Crippen molar-refractivity contribution in [1.82, 2.24) is 14.5 Å². The zero-order valence-corrected chi connectivity index (χ0v) is 14.6. The predicted molar refractivity (Wildman–Crippen MR) is 90.5 cm³/mol. The lowest BCUT2D eigenvalue weighted by molar-refractivity contribution is 0.113. The van der Waals surface area contributed by atoms with Crippen LogP contribution in [0, 0.1) is 6.92 Å². The first-order valence-electron chi connectivity index (χ1n) is 7.88. The van der Waals surface area contributed by atoms with Gasteiger partial charge in [-0.15, -0.1) is 0 Å². The molecular formula is C16H27N3O2S. The van der Waals surface area contributed by atoms with Crippen molar-refractivity contribution in [3.05, 3.63) is 35.4 Å². The number of hydrogen-bond donors (Lipinski definition) is 1. The fourth-order valence-electron chi connectivity index (χ4n) is 2.69. The van der Waals surface area contributed by atoms with E-state index in [2.05, 4.69) is 52.8 Å². The van der Waals surface area contributed by atoms with Crippen LogP contribution in [0.15, 0.2) is 24.3 Å². The van der Waals surface area contributed by atoms with E-state index in [4.69, 9.17) is 0 Å². The molecule has 1 saturated heterocycles. The fraction of sp³-hybridized carbons (Fsp3) is 0.625. The van der Waals surface area contributed by atoms with E-state index in [0.717, 1.165) is 26.2 Å². The molecular weight excluding hydrogens is 298 g/mol. The monoisotopic (exact) mass is 325 g/mol. The Bertz CT molecular complexity index is 564. The van der Waals surface area contributed by atoms with Crippen molar-refractivity contribution >= 4 is 10.0 Å². The van der Waals surface area contributed by atoms with Crippen molar-refractivity contribution < 1.29 is 8.42 Å². The van der Waals surface area contributed by atoms with Crippen LogP contribution in [-0.2, 0) is 10.0 Å². The van der Waals surface area contributed by atoms with Crippen LogP contribution in [0.3, 0.4) is 0 Å². The molecule has 1 atom stereocenters. The Morgan fingerprint density at radius 2 is 1.73 bits per heavy atom. The Hall–Kier alpha value is -0.950. The largest absolute Gasteiger partial charge is 0.304 e. The van der Waals surface area contributed by atoms with Gasteiger partial charge in [0.1, 0.15) is 0 Å². The molecule has 2 rings (SSSR count). The molecule has 1 aliphatic rings. The molecule has 1 fully saturated rings. The van der Waals surface area contributed by atoms with Gasteiger partial charge in [0.15, 0.2) is 0 Å². The minimum atomic E-state index is -3.17. The predicted octanol–water partition coefficient (Wildman–Crippen LogP) is 1.22. The van der Waals surface area contributed by atoms with Crippen molar-refractivity contribution in [2.24, 2.45) is 0 Å². The molecule has 0 saturated carbocycles. The summed E-state index contributed by atoms with van der Waals surface area (Å²) < 4.78 is 26.3. The lowest BCUT2D eigenvalue weighted by atomic mass is 10.0. The van der Waals surface area contributed by atoms with Gasteiger partial charge in [-0.05, 0) is 26.5 Å². The molecule has 1 aromatic rings. The number of nitrogens with one attached hydrogen (secondary N) is 1. The lowest BCUT2D eigenvalue weighted by Gasteiger charge is -2.38.